The van der Waals surface area contributed by atoms with Crippen LogP contribution in [-0.2, 0) is 42.9 Å². The number of carbonyl (C=O) groups is 6. The Bertz CT molecular complexity index is 2170. The minimum Gasteiger partial charge on any atom is -0.456 e. The van der Waals surface area contributed by atoms with Crippen molar-refractivity contribution in [2.75, 3.05) is 6.61 Å². The molecule has 3 fully saturated rings. The van der Waals surface area contributed by atoms with Gasteiger partial charge in [0.2, 0.25) is 0 Å². The van der Waals surface area contributed by atoms with Crippen LogP contribution >= 0.6 is 0 Å². The number of hydrogen-bond donors (Lipinski definition) is 4. The van der Waals surface area contributed by atoms with E-state index in [1.807, 2.05) is 6.08 Å². The van der Waals surface area contributed by atoms with Crippen molar-refractivity contribution in [1.29, 1.82) is 0 Å². The van der Waals surface area contributed by atoms with E-state index in [0.717, 1.165) is 13.8 Å². The van der Waals surface area contributed by atoms with Gasteiger partial charge in [-0.3, -0.25) is 19.2 Å². The number of carbonyl (C=O) groups excluding carboxylic acids is 6. The average molecular weight is 842 g/mol. The fourth-order valence-electron chi connectivity index (χ4n) is 10.0. The minimum atomic E-state index is -2.37. The summed E-state index contributed by atoms with van der Waals surface area (Å²) in [4.78, 5) is 82.9. The number of benzene rings is 2. The summed E-state index contributed by atoms with van der Waals surface area (Å²) < 4.78 is 30.0. The molecule has 2 unspecified atom stereocenters. The van der Waals surface area contributed by atoms with E-state index < -0.39 is 119 Å². The van der Waals surface area contributed by atoms with E-state index in [1.54, 1.807) is 80.6 Å². The third kappa shape index (κ3) is 7.51. The molecule has 0 aromatic heterocycles. The molecule has 5 aliphatic rings. The Labute approximate surface area is 352 Å². The highest BCUT2D eigenvalue weighted by atomic mass is 16.6. The molecule has 1 amide bonds. The molecule has 61 heavy (non-hydrogen) atoms. The van der Waals surface area contributed by atoms with E-state index in [-0.39, 0.29) is 29.7 Å². The number of allylic oxidation sites excluding steroid dienone is 3. The minimum absolute atomic E-state index is 0.0378. The average Bonchev–Trinajstić information content (AvgIpc) is 3.23. The van der Waals surface area contributed by atoms with Gasteiger partial charge < -0.3 is 44.3 Å². The van der Waals surface area contributed by atoms with Crippen molar-refractivity contribution in [3.05, 3.63) is 108 Å². The summed E-state index contributed by atoms with van der Waals surface area (Å²) in [5, 5.41) is 40.1. The van der Waals surface area contributed by atoms with Crippen LogP contribution in [0.25, 0.3) is 0 Å². The predicted octanol–water partition coefficient (Wildman–Crippen LogP) is 3.11. The Kier molecular flexibility index (Phi) is 11.7. The van der Waals surface area contributed by atoms with Gasteiger partial charge >= 0.3 is 23.9 Å². The Morgan fingerprint density at radius 2 is 1.54 bits per heavy atom. The maximum atomic E-state index is 15.3. The van der Waals surface area contributed by atoms with Crippen LogP contribution in [0.2, 0.25) is 0 Å². The highest BCUT2D eigenvalue weighted by molar-refractivity contribution is 5.96. The molecule has 2 aromatic carbocycles. The molecule has 0 spiro atoms. The lowest BCUT2D eigenvalue weighted by atomic mass is 9.45. The van der Waals surface area contributed by atoms with E-state index in [4.69, 9.17) is 23.7 Å². The zero-order chi connectivity index (χ0) is 44.1. The Hall–Kier alpha value is -5.48. The monoisotopic (exact) mass is 841 g/mol. The summed E-state index contributed by atoms with van der Waals surface area (Å²) in [6.45, 7) is 6.42. The van der Waals surface area contributed by atoms with Gasteiger partial charge in [0.25, 0.3) is 5.91 Å². The van der Waals surface area contributed by atoms with E-state index in [9.17, 15) is 39.3 Å². The van der Waals surface area contributed by atoms with Crippen molar-refractivity contribution in [2.45, 2.75) is 108 Å². The lowest BCUT2D eigenvalue weighted by molar-refractivity contribution is -0.345. The summed E-state index contributed by atoms with van der Waals surface area (Å²) in [5.41, 5.74) is -7.49. The summed E-state index contributed by atoms with van der Waals surface area (Å²) in [7, 11) is 0. The van der Waals surface area contributed by atoms with Crippen molar-refractivity contribution in [1.82, 2.24) is 5.32 Å². The van der Waals surface area contributed by atoms with Gasteiger partial charge in [0.05, 0.1) is 35.6 Å². The van der Waals surface area contributed by atoms with Crippen LogP contribution in [0.4, 0.5) is 0 Å². The number of esters is 4. The number of aliphatic hydroxyl groups is 3. The topological polar surface area (TPSA) is 221 Å². The van der Waals surface area contributed by atoms with Crippen molar-refractivity contribution < 1.29 is 67.8 Å². The second-order valence-electron chi connectivity index (χ2n) is 17.3. The Balaban J connectivity index is 1.35. The van der Waals surface area contributed by atoms with Crippen LogP contribution in [0.1, 0.15) is 74.6 Å². The fraction of sp³-hybridized carbons (Fsp3) is 0.478. The Morgan fingerprint density at radius 3 is 2.11 bits per heavy atom. The first-order chi connectivity index (χ1) is 28.8. The molecule has 15 nitrogen and oxygen atoms in total. The van der Waals surface area contributed by atoms with Crippen LogP contribution in [0.15, 0.2) is 96.6 Å². The highest BCUT2D eigenvalue weighted by Gasteiger charge is 2.78. The van der Waals surface area contributed by atoms with Gasteiger partial charge in [-0.1, -0.05) is 74.5 Å². The molecule has 12 atom stereocenters. The van der Waals surface area contributed by atoms with Crippen LogP contribution in [0, 0.1) is 22.7 Å². The largest absolute Gasteiger partial charge is 0.456 e. The SMILES string of the molecule is CC(=O)O[C@H]1C(=O)[C@@]2(C)[C@H]([C@H](OC(=O)c3ccccc3)C3(O)C[C@H](OC(=O)[C@H](O)[C@@H](NC(=O)c4ccccc4)C4C=CC=CC4)C=C1C3(C)C)[C@]1(OC(C)=O)CO[C@@H]1C[C@@H]2O. The molecule has 15 heteroatoms. The third-order valence-corrected chi connectivity index (χ3v) is 13.4. The summed E-state index contributed by atoms with van der Waals surface area (Å²) in [5.74, 6) is -7.29. The molecule has 1 heterocycles. The van der Waals surface area contributed by atoms with Crippen molar-refractivity contribution in [2.24, 2.45) is 22.7 Å². The molecular formula is C46H51NO14. The maximum Gasteiger partial charge on any atom is 0.338 e. The quantitative estimate of drug-likeness (QED) is 0.154. The first-order valence-corrected chi connectivity index (χ1v) is 20.3. The highest BCUT2D eigenvalue weighted by Crippen LogP contribution is 2.63. The zero-order valence-electron chi connectivity index (χ0n) is 34.5. The van der Waals surface area contributed by atoms with Crippen LogP contribution in [-0.4, -0.2) is 111 Å². The number of rotatable bonds is 10. The summed E-state index contributed by atoms with van der Waals surface area (Å²) in [6.07, 6.45) is -1.57. The van der Waals surface area contributed by atoms with E-state index in [1.165, 1.54) is 25.1 Å². The number of Topliss-reactive ketones (excluding diaryl/α,β-unsaturated/α-hetero) is 1. The lowest BCUT2D eigenvalue weighted by Gasteiger charge is -2.67. The van der Waals surface area contributed by atoms with Gasteiger partial charge in [-0.2, -0.15) is 0 Å². The first kappa shape index (κ1) is 43.6. The zero-order valence-corrected chi connectivity index (χ0v) is 34.5. The van der Waals surface area contributed by atoms with Crippen LogP contribution < -0.4 is 5.32 Å². The van der Waals surface area contributed by atoms with Crippen molar-refractivity contribution in [3.63, 3.8) is 0 Å². The second-order valence-corrected chi connectivity index (χ2v) is 17.3. The number of nitrogens with one attached hydrogen (secondary N) is 1. The van der Waals surface area contributed by atoms with Gasteiger partial charge in [0.1, 0.15) is 23.9 Å². The number of aliphatic hydroxyl groups excluding tert-OH is 2. The van der Waals surface area contributed by atoms with Gasteiger partial charge in [0, 0.05) is 43.6 Å². The van der Waals surface area contributed by atoms with Crippen LogP contribution in [0.5, 0.6) is 0 Å². The van der Waals surface area contributed by atoms with Crippen LogP contribution in [0.3, 0.4) is 0 Å². The van der Waals surface area contributed by atoms with Gasteiger partial charge in [-0.05, 0) is 49.3 Å². The normalized spacial score (nSPS) is 34.3. The smallest absolute Gasteiger partial charge is 0.338 e. The number of ketones is 1. The maximum absolute atomic E-state index is 15.3. The fourth-order valence-corrected chi connectivity index (χ4v) is 10.0. The molecular weight excluding hydrogens is 790 g/mol. The molecule has 2 saturated carbocycles. The summed E-state index contributed by atoms with van der Waals surface area (Å²) >= 11 is 0. The molecule has 2 aromatic rings. The standard InChI is InChI=1S/C46H51NO14/c1-25(48)58-36-31-21-30(59-42(55)35(51)34(27-15-9-6-10-16-27)47-40(53)28-17-11-7-12-18-28)23-46(56,43(31,3)4)39(60-41(54)29-19-13-8-14-20-29)37-44(5,38(36)52)32(50)22-33-45(37,24-57-33)61-26(2)49/h6-15,17-21,27,30,32-37,39,50-51,56H,16,22-24H2,1-5H3,(H,47,53)/t27?,30-,32+,33-,34+,35-,36-,37+,39+,44-,45+,46?/m1/s1. The molecule has 324 valence electrons. The van der Waals surface area contributed by atoms with Crippen molar-refractivity contribution >= 4 is 35.6 Å². The van der Waals surface area contributed by atoms with Gasteiger partial charge in [0.15, 0.2) is 23.6 Å². The van der Waals surface area contributed by atoms with E-state index in [2.05, 4.69) is 5.32 Å². The third-order valence-electron chi connectivity index (χ3n) is 13.4. The first-order valence-electron chi connectivity index (χ1n) is 20.3. The lowest BCUT2D eigenvalue weighted by Crippen LogP contribution is -2.81. The molecule has 0 radical (unpaired) electrons. The second kappa shape index (κ2) is 16.4. The molecule has 1 saturated heterocycles. The van der Waals surface area contributed by atoms with E-state index in [0.29, 0.717) is 6.42 Å². The number of ether oxygens (including phenoxy) is 5. The number of fused-ring (bicyclic) bond motifs is 5. The van der Waals surface area contributed by atoms with Gasteiger partial charge in [-0.25, -0.2) is 9.59 Å². The molecule has 7 rings (SSSR count). The Morgan fingerprint density at radius 1 is 0.885 bits per heavy atom. The molecule has 1 aliphatic heterocycles. The summed E-state index contributed by atoms with van der Waals surface area (Å²) in [6, 6.07) is 14.9. The number of amides is 1. The molecule has 2 bridgehead atoms. The molecule has 4 N–H and O–H groups in total. The van der Waals surface area contributed by atoms with Gasteiger partial charge in [-0.15, -0.1) is 0 Å². The predicted molar refractivity (Wildman–Crippen MR) is 214 cm³/mol. The number of hydrogen-bond acceptors (Lipinski definition) is 14. The van der Waals surface area contributed by atoms with Crippen molar-refractivity contribution in [3.8, 4) is 0 Å². The van der Waals surface area contributed by atoms with E-state index >= 15 is 4.79 Å². The molecule has 4 aliphatic carbocycles.